The fourth-order valence-corrected chi connectivity index (χ4v) is 4.10. The second-order valence-corrected chi connectivity index (χ2v) is 8.10. The van der Waals surface area contributed by atoms with Crippen LogP contribution in [0.1, 0.15) is 30.5 Å². The second kappa shape index (κ2) is 10.3. The van der Waals surface area contributed by atoms with Gasteiger partial charge in [0.05, 0.1) is 20.0 Å². The van der Waals surface area contributed by atoms with Crippen LogP contribution in [0.25, 0.3) is 27.7 Å². The van der Waals surface area contributed by atoms with Gasteiger partial charge in [-0.05, 0) is 55.7 Å². The molecular weight excluding hydrogens is 426 g/mol. The Kier molecular flexibility index (Phi) is 7.02. The summed E-state index contributed by atoms with van der Waals surface area (Å²) >= 11 is 0. The van der Waals surface area contributed by atoms with Crippen LogP contribution in [0.15, 0.2) is 77.4 Å². The first-order chi connectivity index (χ1) is 16.5. The molecule has 174 valence electrons. The lowest BCUT2D eigenvalue weighted by molar-refractivity contribution is -0.116. The summed E-state index contributed by atoms with van der Waals surface area (Å²) < 4.78 is 17.2. The normalized spacial score (nSPS) is 11.5. The molecule has 0 aliphatic heterocycles. The third-order valence-electron chi connectivity index (χ3n) is 5.81. The van der Waals surface area contributed by atoms with Gasteiger partial charge in [-0.1, -0.05) is 42.5 Å². The molecule has 0 aliphatic carbocycles. The Morgan fingerprint density at radius 1 is 1.09 bits per heavy atom. The summed E-state index contributed by atoms with van der Waals surface area (Å²) in [5.41, 5.74) is 6.39. The van der Waals surface area contributed by atoms with E-state index in [1.54, 1.807) is 19.4 Å². The molecule has 0 saturated heterocycles. The van der Waals surface area contributed by atoms with Gasteiger partial charge in [0.2, 0.25) is 5.91 Å². The Balaban J connectivity index is 1.68. The summed E-state index contributed by atoms with van der Waals surface area (Å²) in [6.45, 7) is 6.96. The monoisotopic (exact) mass is 455 g/mol. The summed E-state index contributed by atoms with van der Waals surface area (Å²) in [5.74, 6) is 1.38. The summed E-state index contributed by atoms with van der Waals surface area (Å²) in [6.07, 6.45) is 3.38. The Hall–Kier alpha value is -3.99. The van der Waals surface area contributed by atoms with Crippen LogP contribution >= 0.6 is 0 Å². The molecule has 0 unspecified atom stereocenters. The average Bonchev–Trinajstić information content (AvgIpc) is 3.28. The number of fused-ring (bicyclic) bond motifs is 1. The third kappa shape index (κ3) is 4.84. The molecular formula is C29H29NO4. The number of carbonyl (C=O) groups is 1. The van der Waals surface area contributed by atoms with Crippen LogP contribution in [0, 0.1) is 6.92 Å². The molecule has 0 spiro atoms. The van der Waals surface area contributed by atoms with Gasteiger partial charge < -0.3 is 19.2 Å². The van der Waals surface area contributed by atoms with Gasteiger partial charge in [0.25, 0.3) is 0 Å². The molecule has 0 radical (unpaired) electrons. The molecule has 3 aromatic carbocycles. The number of nitrogens with one attached hydrogen (secondary N) is 1. The second-order valence-electron chi connectivity index (χ2n) is 8.10. The maximum absolute atomic E-state index is 12.6. The van der Waals surface area contributed by atoms with Crippen LogP contribution in [0.2, 0.25) is 0 Å². The molecule has 1 N–H and O–H groups in total. The molecule has 5 heteroatoms. The van der Waals surface area contributed by atoms with Gasteiger partial charge in [-0.25, -0.2) is 0 Å². The van der Waals surface area contributed by atoms with E-state index in [9.17, 15) is 4.79 Å². The van der Waals surface area contributed by atoms with E-state index < -0.39 is 0 Å². The van der Waals surface area contributed by atoms with Crippen molar-refractivity contribution in [1.82, 2.24) is 5.32 Å². The number of rotatable bonds is 8. The third-order valence-corrected chi connectivity index (χ3v) is 5.81. The van der Waals surface area contributed by atoms with Crippen LogP contribution in [0.3, 0.4) is 0 Å². The maximum atomic E-state index is 12.6. The van der Waals surface area contributed by atoms with Crippen molar-refractivity contribution in [2.75, 3.05) is 13.7 Å². The fraction of sp³-hybridized carbons (Fsp3) is 0.207. The number of furan rings is 1. The van der Waals surface area contributed by atoms with Crippen molar-refractivity contribution in [3.05, 3.63) is 89.7 Å². The van der Waals surface area contributed by atoms with Crippen molar-refractivity contribution in [1.29, 1.82) is 0 Å². The van der Waals surface area contributed by atoms with Crippen molar-refractivity contribution >= 4 is 22.4 Å². The molecule has 5 nitrogen and oxygen atoms in total. The average molecular weight is 456 g/mol. The van der Waals surface area contributed by atoms with Gasteiger partial charge in [-0.15, -0.1) is 0 Å². The van der Waals surface area contributed by atoms with E-state index in [1.807, 2.05) is 81.4 Å². The van der Waals surface area contributed by atoms with Gasteiger partial charge in [0.1, 0.15) is 17.1 Å². The fourth-order valence-electron chi connectivity index (χ4n) is 4.10. The van der Waals surface area contributed by atoms with E-state index in [1.165, 1.54) is 0 Å². The number of benzene rings is 3. The zero-order valence-corrected chi connectivity index (χ0v) is 20.0. The highest BCUT2D eigenvalue weighted by Gasteiger charge is 2.19. The number of hydrogen-bond acceptors (Lipinski definition) is 4. The van der Waals surface area contributed by atoms with E-state index in [4.69, 9.17) is 13.9 Å². The molecule has 1 amide bonds. The van der Waals surface area contributed by atoms with E-state index in [2.05, 4.69) is 5.32 Å². The van der Waals surface area contributed by atoms with Crippen LogP contribution in [0.5, 0.6) is 11.5 Å². The number of amides is 1. The molecule has 0 aliphatic rings. The van der Waals surface area contributed by atoms with Crippen LogP contribution in [0.4, 0.5) is 0 Å². The number of methoxy groups -OCH3 is 1. The first-order valence-electron chi connectivity index (χ1n) is 11.3. The molecule has 4 rings (SSSR count). The first kappa shape index (κ1) is 23.2. The minimum Gasteiger partial charge on any atom is -0.496 e. The standard InChI is InChI=1S/C29H29NO4/c1-5-33-23-13-11-22(12-14-23)26-18-34-29-20(3)28(32-4)24(16-25(26)29)19(2)15-27(31)30-17-21-9-7-6-8-10-21/h6-16,18H,5,17H2,1-4H3,(H,30,31)/b19-15+. The summed E-state index contributed by atoms with van der Waals surface area (Å²) in [4.78, 5) is 12.6. The van der Waals surface area contributed by atoms with Gasteiger partial charge >= 0.3 is 0 Å². The Morgan fingerprint density at radius 2 is 1.82 bits per heavy atom. The molecule has 0 atom stereocenters. The molecule has 0 saturated carbocycles. The topological polar surface area (TPSA) is 60.7 Å². The largest absolute Gasteiger partial charge is 0.496 e. The van der Waals surface area contributed by atoms with E-state index in [0.29, 0.717) is 18.9 Å². The quantitative estimate of drug-likeness (QED) is 0.307. The van der Waals surface area contributed by atoms with Crippen molar-refractivity contribution in [2.24, 2.45) is 0 Å². The smallest absolute Gasteiger partial charge is 0.244 e. The molecule has 0 fully saturated rings. The number of carbonyl (C=O) groups excluding carboxylic acids is 1. The van der Waals surface area contributed by atoms with Crippen molar-refractivity contribution in [2.45, 2.75) is 27.3 Å². The number of hydrogen-bond donors (Lipinski definition) is 1. The van der Waals surface area contributed by atoms with Crippen molar-refractivity contribution < 1.29 is 18.7 Å². The number of allylic oxidation sites excluding steroid dienone is 1. The minimum atomic E-state index is -0.153. The molecule has 4 aromatic rings. The Morgan fingerprint density at radius 3 is 2.50 bits per heavy atom. The lowest BCUT2D eigenvalue weighted by atomic mass is 9.96. The number of aryl methyl sites for hydroxylation is 1. The first-order valence-corrected chi connectivity index (χ1v) is 11.3. The molecule has 0 bridgehead atoms. The van der Waals surface area contributed by atoms with Crippen LogP contribution in [-0.4, -0.2) is 19.6 Å². The predicted molar refractivity (Wildman–Crippen MR) is 136 cm³/mol. The number of ether oxygens (including phenoxy) is 2. The van der Waals surface area contributed by atoms with Gasteiger partial charge in [-0.2, -0.15) is 0 Å². The Labute approximate surface area is 200 Å². The minimum absolute atomic E-state index is 0.153. The lowest BCUT2D eigenvalue weighted by Crippen LogP contribution is -2.20. The Bertz CT molecular complexity index is 1320. The lowest BCUT2D eigenvalue weighted by Gasteiger charge is -2.13. The highest BCUT2D eigenvalue weighted by molar-refractivity contribution is 6.01. The summed E-state index contributed by atoms with van der Waals surface area (Å²) in [5, 5.41) is 3.92. The predicted octanol–water partition coefficient (Wildman–Crippen LogP) is 6.54. The van der Waals surface area contributed by atoms with Gasteiger partial charge in [0, 0.05) is 34.7 Å². The SMILES string of the molecule is CCOc1ccc(-c2coc3c(C)c(OC)c(/C(C)=C/C(=O)NCc4ccccc4)cc23)cc1. The van der Waals surface area contributed by atoms with E-state index in [0.717, 1.165) is 50.1 Å². The molecule has 1 heterocycles. The summed E-state index contributed by atoms with van der Waals surface area (Å²) in [6, 6.07) is 19.8. The summed E-state index contributed by atoms with van der Waals surface area (Å²) in [7, 11) is 1.64. The van der Waals surface area contributed by atoms with Crippen molar-refractivity contribution in [3.8, 4) is 22.6 Å². The highest BCUT2D eigenvalue weighted by Crippen LogP contribution is 2.40. The van der Waals surface area contributed by atoms with Crippen LogP contribution < -0.4 is 14.8 Å². The highest BCUT2D eigenvalue weighted by atomic mass is 16.5. The van der Waals surface area contributed by atoms with E-state index >= 15 is 0 Å². The zero-order valence-electron chi connectivity index (χ0n) is 20.0. The van der Waals surface area contributed by atoms with Crippen LogP contribution in [-0.2, 0) is 11.3 Å². The maximum Gasteiger partial charge on any atom is 0.244 e. The van der Waals surface area contributed by atoms with Gasteiger partial charge in [-0.3, -0.25) is 4.79 Å². The zero-order chi connectivity index (χ0) is 24.1. The molecule has 34 heavy (non-hydrogen) atoms. The van der Waals surface area contributed by atoms with Gasteiger partial charge in [0.15, 0.2) is 0 Å². The van der Waals surface area contributed by atoms with Crippen molar-refractivity contribution in [3.63, 3.8) is 0 Å². The van der Waals surface area contributed by atoms with E-state index in [-0.39, 0.29) is 5.91 Å². The molecule has 1 aromatic heterocycles.